The standard InChI is InChI=1S/C24H28N4O5/c1-2-32-23(30)20-18(26-24(31)27-21(20)16-8-4-3-5-9-16)15-28-12-6-11-19(28)22(29)25-14-17-10-7-13-33-17/h3-5,7-10,13,19,21H,2,6,11-12,14-15H2,1H3,(H,25,29)(H2,26,27,31). The van der Waals surface area contributed by atoms with E-state index in [-0.39, 0.29) is 25.1 Å². The van der Waals surface area contributed by atoms with Crippen LogP contribution < -0.4 is 16.0 Å². The molecular formula is C24H28N4O5. The van der Waals surface area contributed by atoms with Gasteiger partial charge in [0, 0.05) is 12.2 Å². The van der Waals surface area contributed by atoms with E-state index in [0.717, 1.165) is 12.0 Å². The second-order valence-corrected chi connectivity index (χ2v) is 7.98. The van der Waals surface area contributed by atoms with E-state index in [4.69, 9.17) is 9.15 Å². The van der Waals surface area contributed by atoms with Crippen LogP contribution in [0.3, 0.4) is 0 Å². The molecule has 3 amide bonds. The molecule has 0 aliphatic carbocycles. The van der Waals surface area contributed by atoms with Gasteiger partial charge >= 0.3 is 12.0 Å². The summed E-state index contributed by atoms with van der Waals surface area (Å²) in [4.78, 5) is 40.3. The molecule has 0 saturated carbocycles. The van der Waals surface area contributed by atoms with E-state index < -0.39 is 18.0 Å². The predicted octanol–water partition coefficient (Wildman–Crippen LogP) is 2.23. The second kappa shape index (κ2) is 10.4. The first-order valence-corrected chi connectivity index (χ1v) is 11.1. The number of carbonyl (C=O) groups excluding carboxylic acids is 3. The van der Waals surface area contributed by atoms with Gasteiger partial charge in [-0.1, -0.05) is 30.3 Å². The maximum atomic E-state index is 12.9. The van der Waals surface area contributed by atoms with Crippen molar-refractivity contribution in [3.05, 3.63) is 71.3 Å². The number of hydrogen-bond acceptors (Lipinski definition) is 6. The molecular weight excluding hydrogens is 424 g/mol. The number of hydrogen-bond donors (Lipinski definition) is 3. The van der Waals surface area contributed by atoms with Gasteiger partial charge in [-0.25, -0.2) is 9.59 Å². The van der Waals surface area contributed by atoms with Crippen molar-refractivity contribution < 1.29 is 23.5 Å². The van der Waals surface area contributed by atoms with Gasteiger partial charge in [-0.05, 0) is 44.0 Å². The number of nitrogens with zero attached hydrogens (tertiary/aromatic N) is 1. The van der Waals surface area contributed by atoms with Gasteiger partial charge in [0.15, 0.2) is 0 Å². The fourth-order valence-corrected chi connectivity index (χ4v) is 4.31. The first-order chi connectivity index (χ1) is 16.1. The highest BCUT2D eigenvalue weighted by Gasteiger charge is 2.37. The van der Waals surface area contributed by atoms with Crippen molar-refractivity contribution in [3.63, 3.8) is 0 Å². The van der Waals surface area contributed by atoms with Gasteiger partial charge < -0.3 is 25.1 Å². The van der Waals surface area contributed by atoms with Crippen LogP contribution in [-0.4, -0.2) is 48.5 Å². The van der Waals surface area contributed by atoms with Crippen LogP contribution in [0.1, 0.15) is 37.1 Å². The number of nitrogens with one attached hydrogen (secondary N) is 3. The highest BCUT2D eigenvalue weighted by molar-refractivity contribution is 5.95. The lowest BCUT2D eigenvalue weighted by atomic mass is 9.95. The van der Waals surface area contributed by atoms with Gasteiger partial charge in [-0.3, -0.25) is 9.69 Å². The average molecular weight is 453 g/mol. The molecule has 1 fully saturated rings. The van der Waals surface area contributed by atoms with Crippen LogP contribution in [0.25, 0.3) is 0 Å². The molecule has 1 aromatic heterocycles. The Bertz CT molecular complexity index is 1020. The highest BCUT2D eigenvalue weighted by atomic mass is 16.5. The molecule has 0 spiro atoms. The summed E-state index contributed by atoms with van der Waals surface area (Å²) in [5.74, 6) is 0.0745. The molecule has 2 atom stereocenters. The lowest BCUT2D eigenvalue weighted by Gasteiger charge is -2.32. The number of ether oxygens (including phenoxy) is 1. The van der Waals surface area contributed by atoms with Crippen molar-refractivity contribution in [2.75, 3.05) is 19.7 Å². The molecule has 3 heterocycles. The SMILES string of the molecule is CCOC(=O)C1=C(CN2CCCC2C(=O)NCc2ccco2)NC(=O)NC1c1ccccc1. The molecule has 33 heavy (non-hydrogen) atoms. The molecule has 4 rings (SSSR count). The fraction of sp³-hybridized carbons (Fsp3) is 0.375. The van der Waals surface area contributed by atoms with Gasteiger partial charge in [0.05, 0.1) is 37.1 Å². The zero-order chi connectivity index (χ0) is 23.2. The van der Waals surface area contributed by atoms with E-state index in [2.05, 4.69) is 16.0 Å². The van der Waals surface area contributed by atoms with Gasteiger partial charge in [0.2, 0.25) is 5.91 Å². The Morgan fingerprint density at radius 3 is 2.76 bits per heavy atom. The van der Waals surface area contributed by atoms with Gasteiger partial charge in [0.1, 0.15) is 5.76 Å². The summed E-state index contributed by atoms with van der Waals surface area (Å²) in [6.45, 7) is 3.20. The molecule has 1 aromatic carbocycles. The van der Waals surface area contributed by atoms with E-state index in [9.17, 15) is 14.4 Å². The minimum absolute atomic E-state index is 0.109. The molecule has 2 aromatic rings. The first kappa shape index (κ1) is 22.6. The van der Waals surface area contributed by atoms with Crippen LogP contribution in [0, 0.1) is 0 Å². The maximum Gasteiger partial charge on any atom is 0.338 e. The van der Waals surface area contributed by atoms with Crippen molar-refractivity contribution >= 4 is 17.9 Å². The van der Waals surface area contributed by atoms with E-state index in [1.165, 1.54) is 0 Å². The summed E-state index contributed by atoms with van der Waals surface area (Å²) in [6, 6.07) is 11.5. The number of carbonyl (C=O) groups is 3. The van der Waals surface area contributed by atoms with Crippen LogP contribution in [0.5, 0.6) is 0 Å². The Kier molecular flexibility index (Phi) is 7.09. The van der Waals surface area contributed by atoms with Gasteiger partial charge in [-0.15, -0.1) is 0 Å². The van der Waals surface area contributed by atoms with Crippen LogP contribution in [0.4, 0.5) is 4.79 Å². The first-order valence-electron chi connectivity index (χ1n) is 11.1. The molecule has 1 saturated heterocycles. The monoisotopic (exact) mass is 452 g/mol. The Morgan fingerprint density at radius 2 is 2.03 bits per heavy atom. The third-order valence-electron chi connectivity index (χ3n) is 5.83. The van der Waals surface area contributed by atoms with E-state index >= 15 is 0 Å². The summed E-state index contributed by atoms with van der Waals surface area (Å²) in [7, 11) is 0. The smallest absolute Gasteiger partial charge is 0.338 e. The predicted molar refractivity (Wildman–Crippen MR) is 120 cm³/mol. The average Bonchev–Trinajstić information content (AvgIpc) is 3.50. The highest BCUT2D eigenvalue weighted by Crippen LogP contribution is 2.29. The summed E-state index contributed by atoms with van der Waals surface area (Å²) < 4.78 is 10.6. The molecule has 2 unspecified atom stereocenters. The number of amides is 3. The summed E-state index contributed by atoms with van der Waals surface area (Å²) in [6.07, 6.45) is 3.10. The molecule has 2 aliphatic rings. The molecule has 9 nitrogen and oxygen atoms in total. The van der Waals surface area contributed by atoms with E-state index in [0.29, 0.717) is 36.5 Å². The van der Waals surface area contributed by atoms with E-state index in [1.54, 1.807) is 25.3 Å². The van der Waals surface area contributed by atoms with Crippen molar-refractivity contribution in [1.29, 1.82) is 0 Å². The van der Waals surface area contributed by atoms with Crippen LogP contribution in [0.2, 0.25) is 0 Å². The Balaban J connectivity index is 1.57. The number of furan rings is 1. The lowest BCUT2D eigenvalue weighted by Crippen LogP contribution is -2.50. The van der Waals surface area contributed by atoms with Crippen molar-refractivity contribution in [2.24, 2.45) is 0 Å². The van der Waals surface area contributed by atoms with Crippen LogP contribution in [0.15, 0.2) is 64.4 Å². The Labute approximate surface area is 192 Å². The quantitative estimate of drug-likeness (QED) is 0.530. The molecule has 0 bridgehead atoms. The van der Waals surface area contributed by atoms with Gasteiger partial charge in [0.25, 0.3) is 0 Å². The topological polar surface area (TPSA) is 113 Å². The molecule has 3 N–H and O–H groups in total. The summed E-state index contributed by atoms with van der Waals surface area (Å²) >= 11 is 0. The molecule has 174 valence electrons. The van der Waals surface area contributed by atoms with Gasteiger partial charge in [-0.2, -0.15) is 0 Å². The number of esters is 1. The number of benzene rings is 1. The summed E-state index contributed by atoms with van der Waals surface area (Å²) in [5, 5.41) is 8.53. The van der Waals surface area contributed by atoms with E-state index in [1.807, 2.05) is 35.2 Å². The van der Waals surface area contributed by atoms with Crippen molar-refractivity contribution in [2.45, 2.75) is 38.4 Å². The van der Waals surface area contributed by atoms with Crippen molar-refractivity contribution in [3.8, 4) is 0 Å². The maximum absolute atomic E-state index is 12.9. The molecule has 0 radical (unpaired) electrons. The Hall–Kier alpha value is -3.59. The Morgan fingerprint density at radius 1 is 1.21 bits per heavy atom. The fourth-order valence-electron chi connectivity index (χ4n) is 4.31. The third kappa shape index (κ3) is 5.25. The number of rotatable bonds is 8. The largest absolute Gasteiger partial charge is 0.467 e. The minimum atomic E-state index is -0.636. The van der Waals surface area contributed by atoms with Crippen LogP contribution in [-0.2, 0) is 20.9 Å². The third-order valence-corrected chi connectivity index (χ3v) is 5.83. The normalized spacial score (nSPS) is 20.8. The number of likely N-dealkylation sites (tertiary alicyclic amines) is 1. The lowest BCUT2D eigenvalue weighted by molar-refractivity contribution is -0.139. The zero-order valence-corrected chi connectivity index (χ0v) is 18.5. The second-order valence-electron chi connectivity index (χ2n) is 7.98. The minimum Gasteiger partial charge on any atom is -0.467 e. The summed E-state index contributed by atoms with van der Waals surface area (Å²) in [5.41, 5.74) is 1.59. The number of urea groups is 1. The molecule has 2 aliphatic heterocycles. The van der Waals surface area contributed by atoms with Crippen molar-refractivity contribution in [1.82, 2.24) is 20.9 Å². The van der Waals surface area contributed by atoms with Crippen LogP contribution >= 0.6 is 0 Å². The molecule has 9 heteroatoms. The zero-order valence-electron chi connectivity index (χ0n) is 18.5.